The van der Waals surface area contributed by atoms with Gasteiger partial charge < -0.3 is 0 Å². The van der Waals surface area contributed by atoms with Gasteiger partial charge in [0.15, 0.2) is 0 Å². The van der Waals surface area contributed by atoms with Crippen LogP contribution < -0.4 is 5.43 Å². The lowest BCUT2D eigenvalue weighted by Gasteiger charge is -2.17. The van der Waals surface area contributed by atoms with Gasteiger partial charge in [0, 0.05) is 0 Å². The Bertz CT molecular complexity index is 514. The van der Waals surface area contributed by atoms with Gasteiger partial charge in [-0.3, -0.25) is 9.69 Å². The van der Waals surface area contributed by atoms with Crippen LogP contribution in [-0.2, 0) is 4.79 Å². The molecular weight excluding hydrogens is 337 g/mol. The van der Waals surface area contributed by atoms with Crippen molar-refractivity contribution in [3.8, 4) is 0 Å². The van der Waals surface area contributed by atoms with Gasteiger partial charge in [0.05, 0.1) is 17.2 Å². The number of amides is 1. The first-order valence-electron chi connectivity index (χ1n) is 7.14. The van der Waals surface area contributed by atoms with E-state index in [1.807, 2.05) is 0 Å². The van der Waals surface area contributed by atoms with Gasteiger partial charge in [-0.1, -0.05) is 18.9 Å². The average molecular weight is 356 g/mol. The molecule has 0 aliphatic carbocycles. The molecule has 1 aliphatic rings. The Morgan fingerprint density at radius 2 is 2.05 bits per heavy atom. The zero-order valence-electron chi connectivity index (χ0n) is 11.8. The van der Waals surface area contributed by atoms with Gasteiger partial charge in [0.25, 0.3) is 5.91 Å². The number of benzene rings is 1. The number of rotatable bonds is 4. The van der Waals surface area contributed by atoms with Gasteiger partial charge in [-0.2, -0.15) is 5.10 Å². The molecular formula is C15H19BrFN3O. The number of carbonyl (C=O) groups excluding carboxylic acids is 1. The number of likely N-dealkylation sites (tertiary alicyclic amines) is 1. The van der Waals surface area contributed by atoms with Crippen LogP contribution in [0, 0.1) is 5.82 Å². The van der Waals surface area contributed by atoms with Crippen LogP contribution in [0.5, 0.6) is 0 Å². The smallest absolute Gasteiger partial charge is 0.254 e. The van der Waals surface area contributed by atoms with Gasteiger partial charge in [-0.25, -0.2) is 9.82 Å². The summed E-state index contributed by atoms with van der Waals surface area (Å²) >= 11 is 3.11. The maximum Gasteiger partial charge on any atom is 0.254 e. The Kier molecular flexibility index (Phi) is 6.32. The molecule has 1 N–H and O–H groups in total. The standard InChI is InChI=1S/C15H19BrFN3O/c16-13-9-12(5-6-14(13)17)10-18-19-15(21)11-20-7-3-1-2-4-8-20/h5-6,9-10H,1-4,7-8,11H2,(H,19,21)/b18-10+. The van der Waals surface area contributed by atoms with Gasteiger partial charge >= 0.3 is 0 Å². The van der Waals surface area contributed by atoms with Crippen LogP contribution in [0.3, 0.4) is 0 Å². The summed E-state index contributed by atoms with van der Waals surface area (Å²) in [5.41, 5.74) is 3.23. The number of halogens is 2. The second-order valence-electron chi connectivity index (χ2n) is 5.16. The summed E-state index contributed by atoms with van der Waals surface area (Å²) in [5.74, 6) is -0.438. The summed E-state index contributed by atoms with van der Waals surface area (Å²) in [5, 5.41) is 3.91. The molecule has 1 amide bonds. The fourth-order valence-corrected chi connectivity index (χ4v) is 2.70. The van der Waals surface area contributed by atoms with E-state index >= 15 is 0 Å². The highest BCUT2D eigenvalue weighted by atomic mass is 79.9. The number of nitrogens with zero attached hydrogens (tertiary/aromatic N) is 2. The fourth-order valence-electron chi connectivity index (χ4n) is 2.30. The molecule has 0 aromatic heterocycles. The van der Waals surface area contributed by atoms with Crippen LogP contribution in [0.15, 0.2) is 27.8 Å². The number of hydrogen-bond donors (Lipinski definition) is 1. The van der Waals surface area contributed by atoms with Gasteiger partial charge in [0.2, 0.25) is 0 Å². The van der Waals surface area contributed by atoms with Crippen molar-refractivity contribution in [3.63, 3.8) is 0 Å². The third kappa shape index (κ3) is 5.55. The number of hydrogen-bond acceptors (Lipinski definition) is 3. The molecule has 6 heteroatoms. The number of carbonyl (C=O) groups is 1. The third-order valence-corrected chi connectivity index (χ3v) is 4.02. The van der Waals surface area contributed by atoms with E-state index in [-0.39, 0.29) is 11.7 Å². The minimum absolute atomic E-state index is 0.116. The van der Waals surface area contributed by atoms with E-state index in [2.05, 4.69) is 31.4 Å². The van der Waals surface area contributed by atoms with Crippen LogP contribution in [0.4, 0.5) is 4.39 Å². The predicted molar refractivity (Wildman–Crippen MR) is 84.7 cm³/mol. The molecule has 4 nitrogen and oxygen atoms in total. The quantitative estimate of drug-likeness (QED) is 0.666. The van der Waals surface area contributed by atoms with Crippen molar-refractivity contribution < 1.29 is 9.18 Å². The number of nitrogens with one attached hydrogen (secondary N) is 1. The molecule has 1 saturated heterocycles. The molecule has 1 aromatic rings. The highest BCUT2D eigenvalue weighted by Crippen LogP contribution is 2.15. The summed E-state index contributed by atoms with van der Waals surface area (Å²) < 4.78 is 13.5. The minimum Gasteiger partial charge on any atom is -0.294 e. The SMILES string of the molecule is O=C(CN1CCCCCC1)N/N=C/c1ccc(F)c(Br)c1. The molecule has 1 aromatic carbocycles. The molecule has 0 spiro atoms. The highest BCUT2D eigenvalue weighted by molar-refractivity contribution is 9.10. The van der Waals surface area contributed by atoms with Crippen molar-refractivity contribution in [2.75, 3.05) is 19.6 Å². The highest BCUT2D eigenvalue weighted by Gasteiger charge is 2.12. The Hall–Kier alpha value is -1.27. The van der Waals surface area contributed by atoms with E-state index in [9.17, 15) is 9.18 Å². The molecule has 114 valence electrons. The van der Waals surface area contributed by atoms with E-state index in [4.69, 9.17) is 0 Å². The van der Waals surface area contributed by atoms with E-state index in [0.717, 1.165) is 31.5 Å². The van der Waals surface area contributed by atoms with Gasteiger partial charge in [-0.15, -0.1) is 0 Å². The predicted octanol–water partition coefficient (Wildman–Crippen LogP) is 2.91. The van der Waals surface area contributed by atoms with E-state index < -0.39 is 0 Å². The maximum absolute atomic E-state index is 13.1. The fraction of sp³-hybridized carbons (Fsp3) is 0.467. The van der Waals surface area contributed by atoms with Crippen LogP contribution >= 0.6 is 15.9 Å². The Labute approximate surface area is 132 Å². The second kappa shape index (κ2) is 8.24. The lowest BCUT2D eigenvalue weighted by molar-refractivity contribution is -0.122. The first-order chi connectivity index (χ1) is 10.1. The van der Waals surface area contributed by atoms with Crippen LogP contribution in [0.25, 0.3) is 0 Å². The largest absolute Gasteiger partial charge is 0.294 e. The molecule has 1 aliphatic heterocycles. The zero-order chi connectivity index (χ0) is 15.1. The molecule has 2 rings (SSSR count). The molecule has 1 heterocycles. The van der Waals surface area contributed by atoms with Crippen molar-refractivity contribution in [2.24, 2.45) is 5.10 Å². The lowest BCUT2D eigenvalue weighted by Crippen LogP contribution is -2.35. The van der Waals surface area contributed by atoms with E-state index in [1.54, 1.807) is 12.1 Å². The van der Waals surface area contributed by atoms with Crippen molar-refractivity contribution in [3.05, 3.63) is 34.1 Å². The summed E-state index contributed by atoms with van der Waals surface area (Å²) in [7, 11) is 0. The van der Waals surface area contributed by atoms with Gasteiger partial charge in [-0.05, 0) is 59.6 Å². The summed E-state index contributed by atoms with van der Waals surface area (Å²) in [6.45, 7) is 2.33. The third-order valence-electron chi connectivity index (χ3n) is 3.41. The molecule has 0 bridgehead atoms. The van der Waals surface area contributed by atoms with Crippen LogP contribution in [0.1, 0.15) is 31.2 Å². The number of hydrazone groups is 1. The molecule has 0 unspecified atom stereocenters. The first-order valence-corrected chi connectivity index (χ1v) is 7.94. The van der Waals surface area contributed by atoms with E-state index in [0.29, 0.717) is 11.0 Å². The maximum atomic E-state index is 13.1. The summed E-state index contributed by atoms with van der Waals surface area (Å²) in [6, 6.07) is 4.56. The summed E-state index contributed by atoms with van der Waals surface area (Å²) in [4.78, 5) is 14.0. The lowest BCUT2D eigenvalue weighted by atomic mass is 10.2. The monoisotopic (exact) mass is 355 g/mol. The van der Waals surface area contributed by atoms with Crippen LogP contribution in [-0.4, -0.2) is 36.7 Å². The van der Waals surface area contributed by atoms with Crippen molar-refractivity contribution >= 4 is 28.1 Å². The zero-order valence-corrected chi connectivity index (χ0v) is 13.4. The van der Waals surface area contributed by atoms with Gasteiger partial charge in [0.1, 0.15) is 5.82 Å². The molecule has 1 fully saturated rings. The normalized spacial score (nSPS) is 16.9. The molecule has 0 saturated carbocycles. The molecule has 0 atom stereocenters. The van der Waals surface area contributed by atoms with Crippen LogP contribution in [0.2, 0.25) is 0 Å². The van der Waals surface area contributed by atoms with Crippen molar-refractivity contribution in [1.82, 2.24) is 10.3 Å². The Morgan fingerprint density at radius 3 is 2.71 bits per heavy atom. The molecule has 21 heavy (non-hydrogen) atoms. The van der Waals surface area contributed by atoms with Crippen molar-refractivity contribution in [2.45, 2.75) is 25.7 Å². The topological polar surface area (TPSA) is 44.7 Å². The average Bonchev–Trinajstić information content (AvgIpc) is 2.71. The second-order valence-corrected chi connectivity index (χ2v) is 6.01. The van der Waals surface area contributed by atoms with E-state index in [1.165, 1.54) is 25.1 Å². The first kappa shape index (κ1) is 16.1. The Balaban J connectivity index is 1.79. The Morgan fingerprint density at radius 1 is 1.33 bits per heavy atom. The minimum atomic E-state index is -0.322. The molecule has 0 radical (unpaired) electrons. The van der Waals surface area contributed by atoms with Crippen molar-refractivity contribution in [1.29, 1.82) is 0 Å². The summed E-state index contributed by atoms with van der Waals surface area (Å²) in [6.07, 6.45) is 6.30.